The van der Waals surface area contributed by atoms with Crippen LogP contribution in [0, 0.1) is 0 Å². The molecule has 1 amide bonds. The van der Waals surface area contributed by atoms with Crippen molar-refractivity contribution in [3.8, 4) is 11.6 Å². The third kappa shape index (κ3) is 3.15. The fraction of sp³-hybridized carbons (Fsp3) is 0.235. The Morgan fingerprint density at radius 1 is 1.12 bits per heavy atom. The van der Waals surface area contributed by atoms with Gasteiger partial charge in [-0.2, -0.15) is 0 Å². The van der Waals surface area contributed by atoms with Crippen molar-refractivity contribution >= 4 is 11.6 Å². The Hall–Kier alpha value is -3.09. The molecule has 124 valence electrons. The molecule has 3 aromatic rings. The number of carbonyl (C=O) groups excluding carboxylic acids is 1. The number of rotatable bonds is 5. The van der Waals surface area contributed by atoms with E-state index >= 15 is 0 Å². The Morgan fingerprint density at radius 3 is 2.54 bits per heavy atom. The van der Waals surface area contributed by atoms with Gasteiger partial charge in [0.25, 0.3) is 5.91 Å². The molecule has 0 saturated carbocycles. The number of methoxy groups -OCH3 is 2. The van der Waals surface area contributed by atoms with E-state index in [0.29, 0.717) is 17.2 Å². The number of ether oxygens (including phenoxy) is 2. The first-order chi connectivity index (χ1) is 11.6. The molecule has 1 aromatic carbocycles. The van der Waals surface area contributed by atoms with Gasteiger partial charge in [-0.1, -0.05) is 12.1 Å². The van der Waals surface area contributed by atoms with Crippen molar-refractivity contribution in [2.24, 2.45) is 0 Å². The second kappa shape index (κ2) is 6.57. The smallest absolute Gasteiger partial charge is 0.272 e. The number of imidazole rings is 1. The van der Waals surface area contributed by atoms with E-state index in [1.807, 2.05) is 31.2 Å². The maximum absolute atomic E-state index is 12.4. The topological polar surface area (TPSA) is 77.8 Å². The lowest BCUT2D eigenvalue weighted by molar-refractivity contribution is 0.0935. The number of benzene rings is 1. The summed E-state index contributed by atoms with van der Waals surface area (Å²) in [5, 5.41) is 7.12. The maximum atomic E-state index is 12.4. The number of fused-ring (bicyclic) bond motifs is 1. The van der Waals surface area contributed by atoms with Crippen molar-refractivity contribution < 1.29 is 14.3 Å². The highest BCUT2D eigenvalue weighted by atomic mass is 16.5. The Bertz CT molecular complexity index is 858. The van der Waals surface area contributed by atoms with Gasteiger partial charge in [-0.05, 0) is 30.7 Å². The molecule has 2 heterocycles. The van der Waals surface area contributed by atoms with Crippen LogP contribution in [0.4, 0.5) is 0 Å². The molecule has 0 fully saturated rings. The monoisotopic (exact) mass is 326 g/mol. The molecule has 0 aliphatic rings. The average molecular weight is 326 g/mol. The van der Waals surface area contributed by atoms with Crippen LogP contribution in [0.2, 0.25) is 0 Å². The predicted molar refractivity (Wildman–Crippen MR) is 88.4 cm³/mol. The van der Waals surface area contributed by atoms with Crippen molar-refractivity contribution in [1.82, 2.24) is 19.9 Å². The van der Waals surface area contributed by atoms with Gasteiger partial charge in [0, 0.05) is 6.07 Å². The third-order valence-electron chi connectivity index (χ3n) is 3.70. The molecule has 1 atom stereocenters. The fourth-order valence-corrected chi connectivity index (χ4v) is 2.33. The van der Waals surface area contributed by atoms with Crippen LogP contribution < -0.4 is 14.8 Å². The van der Waals surface area contributed by atoms with Crippen LogP contribution in [0.25, 0.3) is 5.65 Å². The van der Waals surface area contributed by atoms with Crippen molar-refractivity contribution in [2.45, 2.75) is 13.0 Å². The zero-order valence-electron chi connectivity index (χ0n) is 13.7. The molecule has 1 N–H and O–H groups in total. The second-order valence-corrected chi connectivity index (χ2v) is 5.27. The van der Waals surface area contributed by atoms with E-state index < -0.39 is 0 Å². The lowest BCUT2D eigenvalue weighted by Crippen LogP contribution is -2.26. The van der Waals surface area contributed by atoms with Gasteiger partial charge in [-0.15, -0.1) is 5.10 Å². The minimum absolute atomic E-state index is 0.157. The Kier molecular flexibility index (Phi) is 4.33. The van der Waals surface area contributed by atoms with Gasteiger partial charge in [0.05, 0.1) is 26.5 Å². The Labute approximate surface area is 139 Å². The number of nitrogens with zero attached hydrogens (tertiary/aromatic N) is 3. The molecule has 0 radical (unpaired) electrons. The summed E-state index contributed by atoms with van der Waals surface area (Å²) >= 11 is 0. The molecule has 2 aromatic heterocycles. The van der Waals surface area contributed by atoms with Crippen LogP contribution in [0.3, 0.4) is 0 Å². The van der Waals surface area contributed by atoms with E-state index in [-0.39, 0.29) is 11.9 Å². The highest BCUT2D eigenvalue weighted by molar-refractivity contribution is 5.93. The van der Waals surface area contributed by atoms with Crippen molar-refractivity contribution in [2.75, 3.05) is 14.2 Å². The number of hydrogen-bond acceptors (Lipinski definition) is 5. The van der Waals surface area contributed by atoms with E-state index in [4.69, 9.17) is 9.47 Å². The van der Waals surface area contributed by atoms with Gasteiger partial charge < -0.3 is 14.8 Å². The van der Waals surface area contributed by atoms with Crippen LogP contribution >= 0.6 is 0 Å². The van der Waals surface area contributed by atoms with Gasteiger partial charge in [-0.3, -0.25) is 4.79 Å². The van der Waals surface area contributed by atoms with Crippen LogP contribution in [-0.2, 0) is 0 Å². The number of amides is 1. The van der Waals surface area contributed by atoms with Gasteiger partial charge in [0.15, 0.2) is 5.65 Å². The van der Waals surface area contributed by atoms with Gasteiger partial charge >= 0.3 is 0 Å². The quantitative estimate of drug-likeness (QED) is 0.778. The van der Waals surface area contributed by atoms with Crippen molar-refractivity contribution in [3.05, 3.63) is 53.9 Å². The Morgan fingerprint density at radius 2 is 1.88 bits per heavy atom. The standard InChI is InChI=1S/C17H18N4O3/c1-11(12-4-6-13(23-2)7-5-12)18-17(22)14-10-21-15(19-14)8-9-16(20-21)24-3/h4-11H,1-3H3,(H,18,22). The van der Waals surface area contributed by atoms with Crippen LogP contribution in [0.15, 0.2) is 42.6 Å². The maximum Gasteiger partial charge on any atom is 0.272 e. The van der Waals surface area contributed by atoms with E-state index in [0.717, 1.165) is 11.3 Å². The summed E-state index contributed by atoms with van der Waals surface area (Å²) in [5.41, 5.74) is 1.86. The van der Waals surface area contributed by atoms with E-state index in [1.54, 1.807) is 25.4 Å². The molecule has 24 heavy (non-hydrogen) atoms. The summed E-state index contributed by atoms with van der Waals surface area (Å²) in [4.78, 5) is 16.7. The first-order valence-electron chi connectivity index (χ1n) is 7.46. The minimum atomic E-state index is -0.261. The van der Waals surface area contributed by atoms with Crippen molar-refractivity contribution in [1.29, 1.82) is 0 Å². The molecule has 7 heteroatoms. The minimum Gasteiger partial charge on any atom is -0.497 e. The highest BCUT2D eigenvalue weighted by Crippen LogP contribution is 2.18. The molecule has 1 unspecified atom stereocenters. The summed E-state index contributed by atoms with van der Waals surface area (Å²) in [5.74, 6) is 0.971. The molecule has 0 bridgehead atoms. The molecule has 0 aliphatic carbocycles. The van der Waals surface area contributed by atoms with E-state index in [9.17, 15) is 4.79 Å². The first-order valence-corrected chi connectivity index (χ1v) is 7.46. The van der Waals surface area contributed by atoms with Crippen LogP contribution in [0.5, 0.6) is 11.6 Å². The zero-order valence-corrected chi connectivity index (χ0v) is 13.7. The molecular weight excluding hydrogens is 308 g/mol. The molecule has 0 saturated heterocycles. The number of nitrogens with one attached hydrogen (secondary N) is 1. The lowest BCUT2D eigenvalue weighted by atomic mass is 10.1. The SMILES string of the molecule is COc1ccc(C(C)NC(=O)c2cn3nc(OC)ccc3n2)cc1. The summed E-state index contributed by atoms with van der Waals surface area (Å²) in [6.07, 6.45) is 1.58. The lowest BCUT2D eigenvalue weighted by Gasteiger charge is -2.13. The fourth-order valence-electron chi connectivity index (χ4n) is 2.33. The highest BCUT2D eigenvalue weighted by Gasteiger charge is 2.15. The summed E-state index contributed by atoms with van der Waals surface area (Å²) in [6.45, 7) is 1.91. The van der Waals surface area contributed by atoms with E-state index in [2.05, 4.69) is 15.4 Å². The third-order valence-corrected chi connectivity index (χ3v) is 3.70. The summed E-state index contributed by atoms with van der Waals surface area (Å²) in [7, 11) is 3.15. The van der Waals surface area contributed by atoms with Crippen LogP contribution in [0.1, 0.15) is 29.0 Å². The summed E-state index contributed by atoms with van der Waals surface area (Å²) in [6, 6.07) is 10.8. The second-order valence-electron chi connectivity index (χ2n) is 5.27. The predicted octanol–water partition coefficient (Wildman–Crippen LogP) is 2.24. The molecule has 0 spiro atoms. The van der Waals surface area contributed by atoms with Gasteiger partial charge in [-0.25, -0.2) is 9.50 Å². The van der Waals surface area contributed by atoms with Crippen LogP contribution in [-0.4, -0.2) is 34.7 Å². The largest absolute Gasteiger partial charge is 0.497 e. The molecule has 7 nitrogen and oxygen atoms in total. The normalized spacial score (nSPS) is 12.0. The number of carbonyl (C=O) groups is 1. The Balaban J connectivity index is 1.75. The number of hydrogen-bond donors (Lipinski definition) is 1. The molecule has 0 aliphatic heterocycles. The van der Waals surface area contributed by atoms with Gasteiger partial charge in [0.1, 0.15) is 11.4 Å². The first kappa shape index (κ1) is 15.8. The summed E-state index contributed by atoms with van der Waals surface area (Å²) < 4.78 is 11.7. The van der Waals surface area contributed by atoms with Crippen molar-refractivity contribution in [3.63, 3.8) is 0 Å². The number of aromatic nitrogens is 3. The molecular formula is C17H18N4O3. The molecule has 3 rings (SSSR count). The van der Waals surface area contributed by atoms with Gasteiger partial charge in [0.2, 0.25) is 5.88 Å². The van der Waals surface area contributed by atoms with E-state index in [1.165, 1.54) is 11.6 Å². The zero-order chi connectivity index (χ0) is 17.1. The average Bonchev–Trinajstić information content (AvgIpc) is 3.05.